The van der Waals surface area contributed by atoms with Crippen LogP contribution in [0.5, 0.6) is 11.5 Å². The Labute approximate surface area is 212 Å². The number of nitrogens with one attached hydrogen (secondary N) is 2. The molecule has 0 aliphatic carbocycles. The fourth-order valence-electron chi connectivity index (χ4n) is 3.57. The second-order valence-electron chi connectivity index (χ2n) is 8.16. The van der Waals surface area contributed by atoms with Gasteiger partial charge in [0.15, 0.2) is 11.2 Å². The summed E-state index contributed by atoms with van der Waals surface area (Å²) < 4.78 is 11.4. The molecule has 1 aliphatic rings. The SMILES string of the molecule is CC1Oc2ccc(-c3csc(NC(=O)/C=C/c4ccc(OCc5ccccc5)cc4)n3)cc2NC1=O. The second kappa shape index (κ2) is 10.5. The van der Waals surface area contributed by atoms with Crippen molar-refractivity contribution in [2.45, 2.75) is 19.6 Å². The summed E-state index contributed by atoms with van der Waals surface area (Å²) >= 11 is 1.33. The van der Waals surface area contributed by atoms with Crippen LogP contribution in [0, 0.1) is 0 Å². The van der Waals surface area contributed by atoms with Crippen LogP contribution >= 0.6 is 11.3 Å². The van der Waals surface area contributed by atoms with E-state index in [9.17, 15) is 9.59 Å². The van der Waals surface area contributed by atoms with Crippen LogP contribution in [-0.2, 0) is 16.2 Å². The molecule has 0 radical (unpaired) electrons. The highest BCUT2D eigenvalue weighted by atomic mass is 32.1. The summed E-state index contributed by atoms with van der Waals surface area (Å²) in [5, 5.41) is 7.96. The van der Waals surface area contributed by atoms with Crippen LogP contribution < -0.4 is 20.1 Å². The zero-order valence-corrected chi connectivity index (χ0v) is 20.2. The number of carbonyl (C=O) groups is 2. The number of carbonyl (C=O) groups excluding carboxylic acids is 2. The van der Waals surface area contributed by atoms with E-state index < -0.39 is 6.10 Å². The van der Waals surface area contributed by atoms with Crippen molar-refractivity contribution in [2.75, 3.05) is 10.6 Å². The Morgan fingerprint density at radius 2 is 1.94 bits per heavy atom. The molecule has 1 aromatic heterocycles. The first kappa shape index (κ1) is 23.3. The highest BCUT2D eigenvalue weighted by Gasteiger charge is 2.23. The van der Waals surface area contributed by atoms with Gasteiger partial charge in [-0.25, -0.2) is 4.98 Å². The zero-order valence-electron chi connectivity index (χ0n) is 19.4. The van der Waals surface area contributed by atoms with E-state index in [2.05, 4.69) is 15.6 Å². The van der Waals surface area contributed by atoms with E-state index in [1.807, 2.05) is 72.1 Å². The van der Waals surface area contributed by atoms with Crippen molar-refractivity contribution in [1.82, 2.24) is 4.98 Å². The van der Waals surface area contributed by atoms with E-state index in [1.54, 1.807) is 19.1 Å². The van der Waals surface area contributed by atoms with Gasteiger partial charge in [-0.2, -0.15) is 0 Å². The zero-order chi connectivity index (χ0) is 24.9. The number of anilines is 2. The number of nitrogens with zero attached hydrogens (tertiary/aromatic N) is 1. The van der Waals surface area contributed by atoms with E-state index in [0.29, 0.717) is 28.9 Å². The third-order valence-electron chi connectivity index (χ3n) is 5.50. The van der Waals surface area contributed by atoms with E-state index >= 15 is 0 Å². The predicted octanol–water partition coefficient (Wildman–Crippen LogP) is 5.76. The molecule has 2 heterocycles. The lowest BCUT2D eigenvalue weighted by Gasteiger charge is -2.23. The minimum atomic E-state index is -0.525. The summed E-state index contributed by atoms with van der Waals surface area (Å²) in [6.07, 6.45) is 2.68. The van der Waals surface area contributed by atoms with Crippen molar-refractivity contribution in [3.8, 4) is 22.8 Å². The van der Waals surface area contributed by atoms with Crippen LogP contribution in [0.1, 0.15) is 18.1 Å². The van der Waals surface area contributed by atoms with E-state index in [-0.39, 0.29) is 11.8 Å². The molecule has 2 amide bonds. The quantitative estimate of drug-likeness (QED) is 0.317. The van der Waals surface area contributed by atoms with Crippen molar-refractivity contribution in [2.24, 2.45) is 0 Å². The summed E-state index contributed by atoms with van der Waals surface area (Å²) in [7, 11) is 0. The molecule has 0 bridgehead atoms. The van der Waals surface area contributed by atoms with Gasteiger partial charge < -0.3 is 14.8 Å². The lowest BCUT2D eigenvalue weighted by Crippen LogP contribution is -2.34. The Morgan fingerprint density at radius 3 is 2.75 bits per heavy atom. The Balaban J connectivity index is 1.16. The number of hydrogen-bond acceptors (Lipinski definition) is 6. The van der Waals surface area contributed by atoms with Crippen LogP contribution in [-0.4, -0.2) is 22.9 Å². The summed E-state index contributed by atoms with van der Waals surface area (Å²) in [4.78, 5) is 28.8. The van der Waals surface area contributed by atoms with Gasteiger partial charge in [-0.05, 0) is 54.5 Å². The van der Waals surface area contributed by atoms with Crippen molar-refractivity contribution in [3.05, 3.63) is 95.4 Å². The fourth-order valence-corrected chi connectivity index (χ4v) is 4.29. The van der Waals surface area contributed by atoms with Crippen molar-refractivity contribution >= 4 is 40.0 Å². The Bertz CT molecular complexity index is 1410. The minimum Gasteiger partial charge on any atom is -0.489 e. The molecule has 2 N–H and O–H groups in total. The Kier molecular flexibility index (Phi) is 6.77. The molecule has 0 saturated heterocycles. The van der Waals surface area contributed by atoms with Crippen LogP contribution in [0.3, 0.4) is 0 Å². The number of rotatable bonds is 7. The first-order chi connectivity index (χ1) is 17.5. The Hall–Kier alpha value is -4.43. The van der Waals surface area contributed by atoms with E-state index in [1.165, 1.54) is 17.4 Å². The van der Waals surface area contributed by atoms with Gasteiger partial charge in [-0.3, -0.25) is 14.9 Å². The summed E-state index contributed by atoms with van der Waals surface area (Å²) in [5.41, 5.74) is 4.10. The normalized spacial score (nSPS) is 14.6. The van der Waals surface area contributed by atoms with Crippen LogP contribution in [0.4, 0.5) is 10.8 Å². The standard InChI is InChI=1S/C28H23N3O4S/c1-18-27(33)29-23-15-21(10-13-25(23)35-18)24-17-36-28(30-24)31-26(32)14-9-19-7-11-22(12-8-19)34-16-20-5-3-2-4-6-20/h2-15,17-18H,16H2,1H3,(H,29,33)(H,30,31,32)/b14-9+. The van der Waals surface area contributed by atoms with Gasteiger partial charge in [-0.15, -0.1) is 11.3 Å². The molecular weight excluding hydrogens is 474 g/mol. The molecule has 0 saturated carbocycles. The van der Waals surface area contributed by atoms with Gasteiger partial charge >= 0.3 is 0 Å². The first-order valence-corrected chi connectivity index (χ1v) is 12.2. The maximum atomic E-state index is 12.4. The fraction of sp³-hybridized carbons (Fsp3) is 0.107. The van der Waals surface area contributed by atoms with Gasteiger partial charge in [0.1, 0.15) is 18.1 Å². The van der Waals surface area contributed by atoms with Gasteiger partial charge in [0.25, 0.3) is 5.91 Å². The second-order valence-corrected chi connectivity index (χ2v) is 9.02. The highest BCUT2D eigenvalue weighted by Crippen LogP contribution is 2.35. The topological polar surface area (TPSA) is 89.6 Å². The van der Waals surface area contributed by atoms with Crippen molar-refractivity contribution in [1.29, 1.82) is 0 Å². The van der Waals surface area contributed by atoms with Crippen molar-refractivity contribution in [3.63, 3.8) is 0 Å². The maximum Gasteiger partial charge on any atom is 0.265 e. The number of benzene rings is 3. The molecule has 180 valence electrons. The number of thiazole rings is 1. The third kappa shape index (κ3) is 5.61. The minimum absolute atomic E-state index is 0.188. The average molecular weight is 498 g/mol. The lowest BCUT2D eigenvalue weighted by molar-refractivity contribution is -0.122. The molecular formula is C28H23N3O4S. The van der Waals surface area contributed by atoms with E-state index in [0.717, 1.165) is 22.4 Å². The number of aromatic nitrogens is 1. The lowest BCUT2D eigenvalue weighted by atomic mass is 10.1. The van der Waals surface area contributed by atoms with Gasteiger partial charge in [0.05, 0.1) is 11.4 Å². The smallest absolute Gasteiger partial charge is 0.265 e. The molecule has 4 aromatic rings. The molecule has 1 unspecified atom stereocenters. The van der Waals surface area contributed by atoms with Crippen LogP contribution in [0.15, 0.2) is 84.3 Å². The monoisotopic (exact) mass is 497 g/mol. The third-order valence-corrected chi connectivity index (χ3v) is 6.25. The number of ether oxygens (including phenoxy) is 2. The predicted molar refractivity (Wildman–Crippen MR) is 141 cm³/mol. The highest BCUT2D eigenvalue weighted by molar-refractivity contribution is 7.14. The van der Waals surface area contributed by atoms with Gasteiger partial charge in [-0.1, -0.05) is 42.5 Å². The number of hydrogen-bond donors (Lipinski definition) is 2. The summed E-state index contributed by atoms with van der Waals surface area (Å²) in [5.74, 6) is 0.918. The molecule has 8 heteroatoms. The van der Waals surface area contributed by atoms with Gasteiger partial charge in [0, 0.05) is 17.0 Å². The summed E-state index contributed by atoms with van der Waals surface area (Å²) in [6, 6.07) is 23.0. The number of fused-ring (bicyclic) bond motifs is 1. The van der Waals surface area contributed by atoms with E-state index in [4.69, 9.17) is 9.47 Å². The first-order valence-electron chi connectivity index (χ1n) is 11.4. The van der Waals surface area contributed by atoms with Crippen LogP contribution in [0.2, 0.25) is 0 Å². The Morgan fingerprint density at radius 1 is 1.14 bits per heavy atom. The molecule has 1 atom stereocenters. The largest absolute Gasteiger partial charge is 0.489 e. The van der Waals surface area contributed by atoms with Gasteiger partial charge in [0.2, 0.25) is 5.91 Å². The molecule has 5 rings (SSSR count). The molecule has 7 nitrogen and oxygen atoms in total. The number of amides is 2. The molecule has 3 aromatic carbocycles. The summed E-state index contributed by atoms with van der Waals surface area (Å²) in [6.45, 7) is 2.20. The molecule has 36 heavy (non-hydrogen) atoms. The average Bonchev–Trinajstić information content (AvgIpc) is 3.36. The molecule has 0 spiro atoms. The maximum absolute atomic E-state index is 12.4. The van der Waals surface area contributed by atoms with Crippen molar-refractivity contribution < 1.29 is 19.1 Å². The van der Waals surface area contributed by atoms with Crippen LogP contribution in [0.25, 0.3) is 17.3 Å². The molecule has 1 aliphatic heterocycles. The molecule has 0 fully saturated rings.